The summed E-state index contributed by atoms with van der Waals surface area (Å²) in [5, 5.41) is 2.36. The van der Waals surface area contributed by atoms with E-state index >= 15 is 0 Å². The lowest BCUT2D eigenvalue weighted by molar-refractivity contribution is 0.0934. The molecule has 140 valence electrons. The van der Waals surface area contributed by atoms with E-state index in [1.807, 2.05) is 6.07 Å². The van der Waals surface area contributed by atoms with E-state index in [0.717, 1.165) is 0 Å². The number of rotatable bonds is 4. The maximum atomic E-state index is 13.4. The zero-order valence-electron chi connectivity index (χ0n) is 14.5. The Labute approximate surface area is 171 Å². The summed E-state index contributed by atoms with van der Waals surface area (Å²) in [5.41, 5.74) is 1.49. The maximum absolute atomic E-state index is 13.4. The van der Waals surface area contributed by atoms with E-state index in [1.165, 1.54) is 9.96 Å². The fourth-order valence-corrected chi connectivity index (χ4v) is 3.24. The molecule has 0 bridgehead atoms. The summed E-state index contributed by atoms with van der Waals surface area (Å²) in [6.07, 6.45) is -1.67. The third kappa shape index (κ3) is 3.42. The van der Waals surface area contributed by atoms with Gasteiger partial charge < -0.3 is 4.84 Å². The molecule has 0 N–H and O–H groups in total. The molecule has 3 aromatic carbocycles. The zero-order valence-corrected chi connectivity index (χ0v) is 16.0. The number of hydroxylamine groups is 1. The Hall–Kier alpha value is -3.02. The summed E-state index contributed by atoms with van der Waals surface area (Å²) in [7, 11) is 0. The number of hydrogen-bond acceptors (Lipinski definition) is 4. The van der Waals surface area contributed by atoms with Gasteiger partial charge in [-0.3, -0.25) is 4.79 Å². The Balaban J connectivity index is 1.80. The average Bonchev–Trinajstić information content (AvgIpc) is 3.06. The lowest BCUT2D eigenvalue weighted by atomic mass is 10.1. The molecule has 1 fully saturated rings. The van der Waals surface area contributed by atoms with Crippen molar-refractivity contribution in [2.24, 2.45) is 0 Å². The minimum Gasteiger partial charge on any atom is -0.319 e. The first-order valence-electron chi connectivity index (χ1n) is 8.45. The molecule has 0 aliphatic carbocycles. The molecule has 1 amide bonds. The number of amides is 1. The van der Waals surface area contributed by atoms with E-state index in [0.29, 0.717) is 27.0 Å². The monoisotopic (exact) mass is 412 g/mol. The van der Waals surface area contributed by atoms with E-state index in [-0.39, 0.29) is 5.78 Å². The van der Waals surface area contributed by atoms with Crippen molar-refractivity contribution < 1.29 is 14.4 Å². The number of nitrogens with zero attached hydrogens (tertiary/aromatic N) is 2. The van der Waals surface area contributed by atoms with Crippen molar-refractivity contribution >= 4 is 46.5 Å². The van der Waals surface area contributed by atoms with Crippen LogP contribution in [0.5, 0.6) is 0 Å². The van der Waals surface area contributed by atoms with Gasteiger partial charge in [0.15, 0.2) is 0 Å². The van der Waals surface area contributed by atoms with Crippen molar-refractivity contribution in [3.05, 3.63) is 94.5 Å². The molecular formula is C21H14Cl2N2O3. The quantitative estimate of drug-likeness (QED) is 0.524. The summed E-state index contributed by atoms with van der Waals surface area (Å²) in [4.78, 5) is 32.8. The number of para-hydroxylation sites is 1. The highest BCUT2D eigenvalue weighted by atomic mass is 35.5. The van der Waals surface area contributed by atoms with Crippen LogP contribution in [0.1, 0.15) is 10.4 Å². The normalized spacial score (nSPS) is 16.2. The number of hydrogen-bond donors (Lipinski definition) is 0. The largest absolute Gasteiger partial charge is 0.441 e. The summed E-state index contributed by atoms with van der Waals surface area (Å²) >= 11 is 11.9. The number of anilines is 2. The molecular weight excluding hydrogens is 399 g/mol. The van der Waals surface area contributed by atoms with Crippen LogP contribution in [-0.4, -0.2) is 18.0 Å². The van der Waals surface area contributed by atoms with Crippen molar-refractivity contribution in [3.63, 3.8) is 0 Å². The SMILES string of the molecule is O=C(c1ccc(Cl)cc1)C1N(c2ccccc2)OC(=O)N1c1ccc(Cl)cc1. The molecule has 0 aromatic heterocycles. The second kappa shape index (κ2) is 7.54. The topological polar surface area (TPSA) is 49.9 Å². The molecule has 3 aromatic rings. The predicted molar refractivity (Wildman–Crippen MR) is 109 cm³/mol. The molecule has 1 heterocycles. The molecule has 0 spiro atoms. The van der Waals surface area contributed by atoms with Gasteiger partial charge in [0.25, 0.3) is 0 Å². The molecule has 1 aliphatic heterocycles. The van der Waals surface area contributed by atoms with E-state index in [1.54, 1.807) is 72.8 Å². The van der Waals surface area contributed by atoms with Gasteiger partial charge in [-0.2, -0.15) is 5.06 Å². The molecule has 1 unspecified atom stereocenters. The van der Waals surface area contributed by atoms with Gasteiger partial charge in [-0.25, -0.2) is 9.69 Å². The van der Waals surface area contributed by atoms with Gasteiger partial charge in [-0.15, -0.1) is 0 Å². The highest BCUT2D eigenvalue weighted by Crippen LogP contribution is 2.33. The summed E-state index contributed by atoms with van der Waals surface area (Å²) in [5.74, 6) is -0.304. The van der Waals surface area contributed by atoms with E-state index in [2.05, 4.69) is 0 Å². The van der Waals surface area contributed by atoms with Crippen molar-refractivity contribution in [3.8, 4) is 0 Å². The van der Waals surface area contributed by atoms with Gasteiger partial charge >= 0.3 is 6.09 Å². The van der Waals surface area contributed by atoms with E-state index in [4.69, 9.17) is 28.0 Å². The minimum atomic E-state index is -1.02. The lowest BCUT2D eigenvalue weighted by Gasteiger charge is -2.26. The Morgan fingerprint density at radius 2 is 1.36 bits per heavy atom. The minimum absolute atomic E-state index is 0.304. The molecule has 5 nitrogen and oxygen atoms in total. The molecule has 1 aliphatic rings. The highest BCUT2D eigenvalue weighted by Gasteiger charge is 2.46. The maximum Gasteiger partial charge on any atom is 0.441 e. The highest BCUT2D eigenvalue weighted by molar-refractivity contribution is 6.31. The Morgan fingerprint density at radius 1 is 0.786 bits per heavy atom. The average molecular weight is 413 g/mol. The second-order valence-corrected chi connectivity index (χ2v) is 6.98. The smallest absolute Gasteiger partial charge is 0.319 e. The molecule has 0 saturated carbocycles. The van der Waals surface area contributed by atoms with Crippen LogP contribution in [0, 0.1) is 0 Å². The predicted octanol–water partition coefficient (Wildman–Crippen LogP) is 5.58. The van der Waals surface area contributed by atoms with Crippen molar-refractivity contribution in [2.75, 3.05) is 9.96 Å². The summed E-state index contributed by atoms with van der Waals surface area (Å²) in [6, 6.07) is 22.1. The van der Waals surface area contributed by atoms with Gasteiger partial charge in [0, 0.05) is 21.3 Å². The molecule has 0 radical (unpaired) electrons. The van der Waals surface area contributed by atoms with Crippen LogP contribution in [0.25, 0.3) is 0 Å². The first-order valence-corrected chi connectivity index (χ1v) is 9.21. The van der Waals surface area contributed by atoms with Gasteiger partial charge in [0.1, 0.15) is 0 Å². The van der Waals surface area contributed by atoms with Crippen LogP contribution in [0.3, 0.4) is 0 Å². The number of carbonyl (C=O) groups is 2. The Kier molecular flexibility index (Phi) is 4.94. The first kappa shape index (κ1) is 18.3. The second-order valence-electron chi connectivity index (χ2n) is 6.11. The van der Waals surface area contributed by atoms with Crippen molar-refractivity contribution in [1.29, 1.82) is 0 Å². The van der Waals surface area contributed by atoms with Gasteiger partial charge in [0.05, 0.1) is 5.69 Å². The van der Waals surface area contributed by atoms with Crippen LogP contribution in [0.2, 0.25) is 10.0 Å². The molecule has 28 heavy (non-hydrogen) atoms. The third-order valence-electron chi connectivity index (χ3n) is 4.32. The number of ketones is 1. The lowest BCUT2D eigenvalue weighted by Crippen LogP contribution is -2.46. The number of benzene rings is 3. The number of carbonyl (C=O) groups excluding carboxylic acids is 2. The molecule has 4 rings (SSSR count). The summed E-state index contributed by atoms with van der Waals surface area (Å²) in [6.45, 7) is 0. The van der Waals surface area contributed by atoms with Gasteiger partial charge in [0.2, 0.25) is 11.9 Å². The standard InChI is InChI=1S/C21H14Cl2N2O3/c22-15-8-6-14(7-9-15)19(26)20-24(17-12-10-16(23)11-13-17)21(27)28-25(20)18-4-2-1-3-5-18/h1-13,20H. The van der Waals surface area contributed by atoms with E-state index < -0.39 is 12.3 Å². The van der Waals surface area contributed by atoms with Crippen LogP contribution >= 0.6 is 23.2 Å². The number of halogens is 2. The molecule has 7 heteroatoms. The van der Waals surface area contributed by atoms with Crippen molar-refractivity contribution in [2.45, 2.75) is 6.17 Å². The van der Waals surface area contributed by atoms with Gasteiger partial charge in [-0.1, -0.05) is 41.4 Å². The Morgan fingerprint density at radius 3 is 1.96 bits per heavy atom. The van der Waals surface area contributed by atoms with Gasteiger partial charge in [-0.05, 0) is 60.7 Å². The molecule has 1 saturated heterocycles. The van der Waals surface area contributed by atoms with Crippen LogP contribution in [-0.2, 0) is 4.84 Å². The first-order chi connectivity index (χ1) is 13.5. The fourth-order valence-electron chi connectivity index (χ4n) is 2.99. The van der Waals surface area contributed by atoms with E-state index in [9.17, 15) is 9.59 Å². The van der Waals surface area contributed by atoms with Crippen molar-refractivity contribution in [1.82, 2.24) is 0 Å². The van der Waals surface area contributed by atoms with Crippen LogP contribution in [0.4, 0.5) is 16.2 Å². The fraction of sp³-hybridized carbons (Fsp3) is 0.0476. The number of Topliss-reactive ketones (excluding diaryl/α,β-unsaturated/α-hetero) is 1. The molecule has 1 atom stereocenters. The van der Waals surface area contributed by atoms with Crippen LogP contribution < -0.4 is 9.96 Å². The third-order valence-corrected chi connectivity index (χ3v) is 4.82. The zero-order chi connectivity index (χ0) is 19.7. The van der Waals surface area contributed by atoms with Crippen LogP contribution in [0.15, 0.2) is 78.9 Å². The Bertz CT molecular complexity index is 1010. The summed E-state index contributed by atoms with van der Waals surface area (Å²) < 4.78 is 0.